The second-order valence-corrected chi connectivity index (χ2v) is 5.09. The number of carboxylic acids is 1. The maximum atomic E-state index is 11.4. The van der Waals surface area contributed by atoms with Crippen LogP contribution in [0.5, 0.6) is 5.75 Å². The standard InChI is InChI=1S/C15H20N2O8/c1-3-5-6-24-7-8-25-14-11(15(18)19)9-12(16(20)21)10(4-2)13(14)17(22)23/h9H,3-8H2,1-2H3,(H,18,19). The van der Waals surface area contributed by atoms with Crippen LogP contribution in [0.25, 0.3) is 0 Å². The maximum Gasteiger partial charge on any atom is 0.340 e. The Labute approximate surface area is 143 Å². The van der Waals surface area contributed by atoms with E-state index in [1.54, 1.807) is 0 Å². The van der Waals surface area contributed by atoms with E-state index in [0.717, 1.165) is 18.9 Å². The molecule has 1 aromatic carbocycles. The van der Waals surface area contributed by atoms with E-state index in [1.165, 1.54) is 6.92 Å². The Kier molecular flexibility index (Phi) is 7.73. The number of nitro benzene ring substituents is 2. The molecule has 0 unspecified atom stereocenters. The predicted octanol–water partition coefficient (Wildman–Crippen LogP) is 2.96. The number of rotatable bonds is 11. The summed E-state index contributed by atoms with van der Waals surface area (Å²) in [6, 6.07) is 0.793. The van der Waals surface area contributed by atoms with Gasteiger partial charge in [0.25, 0.3) is 5.69 Å². The SMILES string of the molecule is CCCCOCCOc1c(C(=O)O)cc([N+](=O)[O-])c(CC)c1[N+](=O)[O-]. The molecule has 138 valence electrons. The van der Waals surface area contributed by atoms with Crippen LogP contribution in [0.1, 0.15) is 42.6 Å². The smallest absolute Gasteiger partial charge is 0.340 e. The maximum absolute atomic E-state index is 11.4. The van der Waals surface area contributed by atoms with Crippen molar-refractivity contribution in [3.63, 3.8) is 0 Å². The normalized spacial score (nSPS) is 10.5. The molecule has 0 atom stereocenters. The fraction of sp³-hybridized carbons (Fsp3) is 0.533. The van der Waals surface area contributed by atoms with Gasteiger partial charge >= 0.3 is 11.7 Å². The van der Waals surface area contributed by atoms with Gasteiger partial charge in [0.05, 0.1) is 16.5 Å². The Morgan fingerprint density at radius 2 is 1.84 bits per heavy atom. The summed E-state index contributed by atoms with van der Waals surface area (Å²) in [5, 5.41) is 31.8. The lowest BCUT2D eigenvalue weighted by molar-refractivity contribution is -0.396. The fourth-order valence-corrected chi connectivity index (χ4v) is 2.24. The van der Waals surface area contributed by atoms with E-state index in [9.17, 15) is 30.1 Å². The largest absolute Gasteiger partial charge is 0.484 e. The molecule has 0 saturated carbocycles. The van der Waals surface area contributed by atoms with Crippen LogP contribution in [0.2, 0.25) is 0 Å². The van der Waals surface area contributed by atoms with Gasteiger partial charge in [-0.1, -0.05) is 20.3 Å². The first kappa shape index (κ1) is 20.3. The second-order valence-electron chi connectivity index (χ2n) is 5.09. The molecule has 0 bridgehead atoms. The van der Waals surface area contributed by atoms with Gasteiger partial charge in [-0.25, -0.2) is 4.79 Å². The number of aromatic carboxylic acids is 1. The Bertz CT molecular complexity index is 659. The minimum absolute atomic E-state index is 0.0180. The van der Waals surface area contributed by atoms with E-state index in [2.05, 4.69) is 0 Å². The molecular weight excluding hydrogens is 336 g/mol. The van der Waals surface area contributed by atoms with Crippen LogP contribution >= 0.6 is 0 Å². The quantitative estimate of drug-likeness (QED) is 0.362. The van der Waals surface area contributed by atoms with E-state index in [1.807, 2.05) is 6.92 Å². The first-order chi connectivity index (χ1) is 11.8. The fourth-order valence-electron chi connectivity index (χ4n) is 2.24. The number of carboxylic acid groups (broad SMARTS) is 1. The third-order valence-electron chi connectivity index (χ3n) is 3.42. The van der Waals surface area contributed by atoms with Gasteiger partial charge in [0, 0.05) is 12.7 Å². The lowest BCUT2D eigenvalue weighted by atomic mass is 10.0. The number of hydrogen-bond acceptors (Lipinski definition) is 7. The van der Waals surface area contributed by atoms with Gasteiger partial charge < -0.3 is 14.6 Å². The zero-order valence-corrected chi connectivity index (χ0v) is 14.0. The molecule has 0 heterocycles. The van der Waals surface area contributed by atoms with Gasteiger partial charge in [-0.15, -0.1) is 0 Å². The number of hydrogen-bond donors (Lipinski definition) is 1. The van der Waals surface area contributed by atoms with Gasteiger partial charge in [-0.3, -0.25) is 20.2 Å². The summed E-state index contributed by atoms with van der Waals surface area (Å²) in [4.78, 5) is 32.2. The molecule has 10 nitrogen and oxygen atoms in total. The monoisotopic (exact) mass is 356 g/mol. The van der Waals surface area contributed by atoms with Crippen molar-refractivity contribution in [2.45, 2.75) is 33.1 Å². The van der Waals surface area contributed by atoms with Gasteiger partial charge in [-0.05, 0) is 12.8 Å². The Morgan fingerprint density at radius 3 is 2.32 bits per heavy atom. The lowest BCUT2D eigenvalue weighted by Crippen LogP contribution is -2.13. The molecule has 0 radical (unpaired) electrons. The van der Waals surface area contributed by atoms with Crippen LogP contribution < -0.4 is 4.74 Å². The molecule has 1 N–H and O–H groups in total. The highest BCUT2D eigenvalue weighted by Gasteiger charge is 2.34. The highest BCUT2D eigenvalue weighted by atomic mass is 16.6. The van der Waals surface area contributed by atoms with Crippen molar-refractivity contribution in [2.24, 2.45) is 0 Å². The van der Waals surface area contributed by atoms with Crippen LogP contribution in [0.3, 0.4) is 0 Å². The minimum Gasteiger partial charge on any atom is -0.484 e. The van der Waals surface area contributed by atoms with Crippen LogP contribution in [-0.2, 0) is 11.2 Å². The van der Waals surface area contributed by atoms with Crippen molar-refractivity contribution in [3.8, 4) is 5.75 Å². The Balaban J connectivity index is 3.25. The highest BCUT2D eigenvalue weighted by Crippen LogP contribution is 2.40. The van der Waals surface area contributed by atoms with Crippen LogP contribution in [0.15, 0.2) is 6.07 Å². The zero-order chi connectivity index (χ0) is 19.0. The predicted molar refractivity (Wildman–Crippen MR) is 87.3 cm³/mol. The topological polar surface area (TPSA) is 142 Å². The van der Waals surface area contributed by atoms with E-state index >= 15 is 0 Å². The third-order valence-corrected chi connectivity index (χ3v) is 3.42. The zero-order valence-electron chi connectivity index (χ0n) is 14.0. The van der Waals surface area contributed by atoms with Crippen molar-refractivity contribution < 1.29 is 29.2 Å². The summed E-state index contributed by atoms with van der Waals surface area (Å²) in [6.07, 6.45) is 1.77. The van der Waals surface area contributed by atoms with E-state index in [-0.39, 0.29) is 25.2 Å². The Morgan fingerprint density at radius 1 is 1.16 bits per heavy atom. The molecule has 0 aromatic heterocycles. The summed E-state index contributed by atoms with van der Waals surface area (Å²) in [6.45, 7) is 4.01. The molecule has 0 aliphatic rings. The molecular formula is C15H20N2O8. The van der Waals surface area contributed by atoms with Gasteiger partial charge in [0.15, 0.2) is 0 Å². The van der Waals surface area contributed by atoms with Crippen LogP contribution in [0.4, 0.5) is 11.4 Å². The number of unbranched alkanes of at least 4 members (excludes halogenated alkanes) is 1. The minimum atomic E-state index is -1.55. The van der Waals surface area contributed by atoms with Gasteiger partial charge in [0.1, 0.15) is 17.7 Å². The summed E-state index contributed by atoms with van der Waals surface area (Å²) in [7, 11) is 0. The van der Waals surface area contributed by atoms with Gasteiger partial charge in [-0.2, -0.15) is 0 Å². The lowest BCUT2D eigenvalue weighted by Gasteiger charge is -2.12. The first-order valence-corrected chi connectivity index (χ1v) is 7.77. The molecule has 0 aliphatic carbocycles. The summed E-state index contributed by atoms with van der Waals surface area (Å²) in [5.74, 6) is -2.03. The van der Waals surface area contributed by atoms with Crippen molar-refractivity contribution in [1.82, 2.24) is 0 Å². The molecule has 1 aromatic rings. The average molecular weight is 356 g/mol. The molecule has 0 saturated heterocycles. The van der Waals surface area contributed by atoms with Crippen molar-refractivity contribution >= 4 is 17.3 Å². The van der Waals surface area contributed by atoms with E-state index in [0.29, 0.717) is 6.61 Å². The van der Waals surface area contributed by atoms with E-state index in [4.69, 9.17) is 9.47 Å². The molecule has 0 aliphatic heterocycles. The second kappa shape index (κ2) is 9.52. The third kappa shape index (κ3) is 5.11. The molecule has 0 amide bonds. The molecule has 25 heavy (non-hydrogen) atoms. The average Bonchev–Trinajstić information content (AvgIpc) is 2.55. The summed E-state index contributed by atoms with van der Waals surface area (Å²) < 4.78 is 10.5. The molecule has 10 heteroatoms. The number of nitrogens with zero attached hydrogens (tertiary/aromatic N) is 2. The van der Waals surface area contributed by atoms with Crippen LogP contribution in [-0.4, -0.2) is 40.7 Å². The van der Waals surface area contributed by atoms with Gasteiger partial charge in [0.2, 0.25) is 5.75 Å². The summed E-state index contributed by atoms with van der Waals surface area (Å²) in [5.41, 5.74) is -2.10. The molecule has 0 spiro atoms. The van der Waals surface area contributed by atoms with Crippen molar-refractivity contribution in [1.29, 1.82) is 0 Å². The summed E-state index contributed by atoms with van der Waals surface area (Å²) >= 11 is 0. The van der Waals surface area contributed by atoms with E-state index < -0.39 is 38.5 Å². The number of nitro groups is 2. The van der Waals surface area contributed by atoms with Crippen LogP contribution in [0, 0.1) is 20.2 Å². The molecule has 1 rings (SSSR count). The number of ether oxygens (including phenoxy) is 2. The highest BCUT2D eigenvalue weighted by molar-refractivity contribution is 5.94. The molecule has 0 fully saturated rings. The van der Waals surface area contributed by atoms with Crippen molar-refractivity contribution in [3.05, 3.63) is 37.4 Å². The number of benzene rings is 1. The van der Waals surface area contributed by atoms with Crippen molar-refractivity contribution in [2.75, 3.05) is 19.8 Å². The Hall–Kier alpha value is -2.75. The number of carbonyl (C=O) groups is 1. The first-order valence-electron chi connectivity index (χ1n) is 7.77.